The van der Waals surface area contributed by atoms with Gasteiger partial charge in [-0.25, -0.2) is 0 Å². The average Bonchev–Trinajstić information content (AvgIpc) is 3.37. The molecule has 0 bridgehead atoms. The summed E-state index contributed by atoms with van der Waals surface area (Å²) in [6.45, 7) is 3.50. The van der Waals surface area contributed by atoms with Gasteiger partial charge in [0.1, 0.15) is 24.4 Å². The van der Waals surface area contributed by atoms with E-state index < -0.39 is 49.5 Å². The van der Waals surface area contributed by atoms with Crippen molar-refractivity contribution in [3.8, 4) is 0 Å². The van der Waals surface area contributed by atoms with E-state index in [2.05, 4.69) is 153 Å². The molecule has 71 heavy (non-hydrogen) atoms. The van der Waals surface area contributed by atoms with Crippen LogP contribution in [0.1, 0.15) is 181 Å². The Morgan fingerprint density at radius 1 is 0.493 bits per heavy atom. The monoisotopic (exact) mass is 986 g/mol. The molecule has 7 unspecified atom stereocenters. The molecule has 6 N–H and O–H groups in total. The molecule has 9 nitrogen and oxygen atoms in total. The minimum Gasteiger partial charge on any atom is -0.394 e. The molecule has 1 heterocycles. The standard InChI is InChI=1S/C62H99NO8/c1-3-5-7-9-11-12-13-14-15-16-17-18-19-20-21-22-23-24-25-26-27-28-29-30-31-32-33-34-35-36-37-38-39-40-41-42-43-44-46-48-50-52-58(66)63-55(56(65)51-49-47-45-10-8-6-4-2)54-70-62-61(69)60(68)59(67)57(53-64)71-62/h5,7-8,10-12,14-15,17-18,20-21,23-24,26-27,29-30,32-33,35-36,49,51,55-57,59-62,64-65,67-69H,3-4,6,9,13,16,19,22,25,28,31,34,37-48,50,52-54H2,1-2H3,(H,63,66)/b7-5-,10-8+,12-11-,15-14-,18-17-,21-20-,24-23-,27-26-,30-29-,33-32-,36-35-,51-49+. The van der Waals surface area contributed by atoms with Gasteiger partial charge in [-0.1, -0.05) is 217 Å². The van der Waals surface area contributed by atoms with Crippen LogP contribution in [0.3, 0.4) is 0 Å². The SMILES string of the molecule is CC/C=C\C/C=C\C/C=C\C/C=C\C/C=C\C/C=C\C/C=C\C/C=C\C/C=C\C/C=C\CCCCCCCCCCCCC(=O)NC(COC1OC(CO)C(O)C(O)C1O)C(O)/C=C/CC/C=C/CCC. The van der Waals surface area contributed by atoms with Crippen molar-refractivity contribution in [2.45, 2.75) is 224 Å². The third-order valence-corrected chi connectivity index (χ3v) is 11.9. The zero-order valence-electron chi connectivity index (χ0n) is 44.2. The lowest BCUT2D eigenvalue weighted by atomic mass is 9.99. The van der Waals surface area contributed by atoms with Crippen molar-refractivity contribution in [1.29, 1.82) is 0 Å². The van der Waals surface area contributed by atoms with Crippen molar-refractivity contribution in [2.24, 2.45) is 0 Å². The average molecular weight is 986 g/mol. The van der Waals surface area contributed by atoms with E-state index in [4.69, 9.17) is 9.47 Å². The van der Waals surface area contributed by atoms with E-state index in [-0.39, 0.29) is 12.5 Å². The number of ether oxygens (including phenoxy) is 2. The second kappa shape index (κ2) is 49.6. The van der Waals surface area contributed by atoms with Crippen molar-refractivity contribution in [2.75, 3.05) is 13.2 Å². The van der Waals surface area contributed by atoms with E-state index in [9.17, 15) is 30.3 Å². The molecule has 1 saturated heterocycles. The van der Waals surface area contributed by atoms with Gasteiger partial charge in [-0.2, -0.15) is 0 Å². The van der Waals surface area contributed by atoms with Gasteiger partial charge in [-0.15, -0.1) is 0 Å². The lowest BCUT2D eigenvalue weighted by Gasteiger charge is -2.40. The van der Waals surface area contributed by atoms with Crippen LogP contribution >= 0.6 is 0 Å². The highest BCUT2D eigenvalue weighted by atomic mass is 16.7. The van der Waals surface area contributed by atoms with Crippen molar-refractivity contribution < 1.29 is 39.8 Å². The lowest BCUT2D eigenvalue weighted by Crippen LogP contribution is -2.60. The van der Waals surface area contributed by atoms with Gasteiger partial charge < -0.3 is 40.3 Å². The minimum absolute atomic E-state index is 0.204. The Balaban J connectivity index is 2.08. The maximum atomic E-state index is 12.9. The first-order valence-corrected chi connectivity index (χ1v) is 27.6. The van der Waals surface area contributed by atoms with Crippen molar-refractivity contribution in [3.05, 3.63) is 146 Å². The molecule has 9 heteroatoms. The summed E-state index contributed by atoms with van der Waals surface area (Å²) in [5.74, 6) is -0.204. The maximum absolute atomic E-state index is 12.9. The number of rotatable bonds is 44. The highest BCUT2D eigenvalue weighted by molar-refractivity contribution is 5.76. The summed E-state index contributed by atoms with van der Waals surface area (Å²) in [5.41, 5.74) is 0. The van der Waals surface area contributed by atoms with Crippen LogP contribution in [0.2, 0.25) is 0 Å². The van der Waals surface area contributed by atoms with Gasteiger partial charge in [-0.05, 0) is 103 Å². The zero-order valence-corrected chi connectivity index (χ0v) is 44.2. The lowest BCUT2D eigenvalue weighted by molar-refractivity contribution is -0.302. The Kier molecular flexibility index (Phi) is 45.5. The number of unbranched alkanes of at least 4 members (excludes halogenated alkanes) is 12. The highest BCUT2D eigenvalue weighted by Crippen LogP contribution is 2.22. The summed E-state index contributed by atoms with van der Waals surface area (Å²) in [6, 6.07) is -0.830. The molecule has 400 valence electrons. The number of aliphatic hydroxyl groups is 5. The van der Waals surface area contributed by atoms with Crippen LogP contribution in [-0.4, -0.2) is 87.5 Å². The summed E-state index contributed by atoms with van der Waals surface area (Å²) in [7, 11) is 0. The molecular weight excluding hydrogens is 887 g/mol. The molecule has 0 radical (unpaired) electrons. The topological polar surface area (TPSA) is 149 Å². The second-order valence-electron chi connectivity index (χ2n) is 18.3. The third kappa shape index (κ3) is 39.3. The fourth-order valence-electron chi connectivity index (χ4n) is 7.56. The fraction of sp³-hybridized carbons (Fsp3) is 0.597. The molecule has 1 aliphatic rings. The molecule has 0 aromatic heterocycles. The van der Waals surface area contributed by atoms with E-state index in [1.54, 1.807) is 6.08 Å². The highest BCUT2D eigenvalue weighted by Gasteiger charge is 2.44. The van der Waals surface area contributed by atoms with Gasteiger partial charge in [-0.3, -0.25) is 4.79 Å². The van der Waals surface area contributed by atoms with E-state index >= 15 is 0 Å². The molecule has 1 aliphatic heterocycles. The van der Waals surface area contributed by atoms with Crippen LogP contribution in [0.4, 0.5) is 0 Å². The number of allylic oxidation sites excluding steroid dienone is 23. The predicted octanol–water partition coefficient (Wildman–Crippen LogP) is 13.5. The Hall–Kier alpha value is -3.93. The van der Waals surface area contributed by atoms with Crippen molar-refractivity contribution >= 4 is 5.91 Å². The molecule has 1 amide bonds. The van der Waals surface area contributed by atoms with Gasteiger partial charge in [0.2, 0.25) is 5.91 Å². The molecule has 7 atom stereocenters. The summed E-state index contributed by atoms with van der Waals surface area (Å²) in [6.07, 6.45) is 71.0. The van der Waals surface area contributed by atoms with E-state index in [0.29, 0.717) is 6.42 Å². The molecule has 0 spiro atoms. The van der Waals surface area contributed by atoms with E-state index in [1.807, 2.05) is 6.08 Å². The first-order valence-electron chi connectivity index (χ1n) is 27.6. The summed E-state index contributed by atoms with van der Waals surface area (Å²) in [5, 5.41) is 54.0. The predicted molar refractivity (Wildman–Crippen MR) is 299 cm³/mol. The molecule has 0 aliphatic carbocycles. The van der Waals surface area contributed by atoms with Crippen molar-refractivity contribution in [1.82, 2.24) is 5.32 Å². The first-order chi connectivity index (χ1) is 34.8. The Morgan fingerprint density at radius 3 is 1.34 bits per heavy atom. The third-order valence-electron chi connectivity index (χ3n) is 11.9. The molecule has 1 rings (SSSR count). The quantitative estimate of drug-likeness (QED) is 0.0261. The first kappa shape index (κ1) is 65.1. The maximum Gasteiger partial charge on any atom is 0.220 e. The van der Waals surface area contributed by atoms with Crippen LogP contribution < -0.4 is 5.32 Å². The normalized spacial score (nSPS) is 20.5. The second-order valence-corrected chi connectivity index (χ2v) is 18.3. The minimum atomic E-state index is -1.58. The Labute approximate surface area is 432 Å². The van der Waals surface area contributed by atoms with Crippen LogP contribution in [0.5, 0.6) is 0 Å². The summed E-state index contributed by atoms with van der Waals surface area (Å²) in [4.78, 5) is 12.9. The van der Waals surface area contributed by atoms with Crippen LogP contribution in [0.15, 0.2) is 146 Å². The van der Waals surface area contributed by atoms with Gasteiger partial charge >= 0.3 is 0 Å². The zero-order chi connectivity index (χ0) is 51.5. The van der Waals surface area contributed by atoms with Crippen LogP contribution in [0.25, 0.3) is 0 Å². The number of amides is 1. The molecule has 0 saturated carbocycles. The molecule has 0 aromatic carbocycles. The summed E-state index contributed by atoms with van der Waals surface area (Å²) < 4.78 is 11.1. The Morgan fingerprint density at radius 2 is 0.887 bits per heavy atom. The largest absolute Gasteiger partial charge is 0.394 e. The number of hydrogen-bond donors (Lipinski definition) is 6. The van der Waals surface area contributed by atoms with Gasteiger partial charge in [0, 0.05) is 6.42 Å². The molecule has 1 fully saturated rings. The number of hydrogen-bond acceptors (Lipinski definition) is 8. The number of nitrogens with one attached hydrogen (secondary N) is 1. The van der Waals surface area contributed by atoms with Crippen LogP contribution in [-0.2, 0) is 14.3 Å². The summed E-state index contributed by atoms with van der Waals surface area (Å²) >= 11 is 0. The van der Waals surface area contributed by atoms with E-state index in [0.717, 1.165) is 122 Å². The number of carbonyl (C=O) groups is 1. The smallest absolute Gasteiger partial charge is 0.220 e. The van der Waals surface area contributed by atoms with Gasteiger partial charge in [0.15, 0.2) is 6.29 Å². The number of aliphatic hydroxyl groups excluding tert-OH is 5. The molecular formula is C62H99NO8. The van der Waals surface area contributed by atoms with Crippen molar-refractivity contribution in [3.63, 3.8) is 0 Å². The Bertz CT molecular complexity index is 1610. The number of carbonyl (C=O) groups excluding carboxylic acids is 1. The van der Waals surface area contributed by atoms with Gasteiger partial charge in [0.25, 0.3) is 0 Å². The van der Waals surface area contributed by atoms with E-state index in [1.165, 1.54) is 38.5 Å². The van der Waals surface area contributed by atoms with Gasteiger partial charge in [0.05, 0.1) is 25.4 Å². The van der Waals surface area contributed by atoms with Crippen LogP contribution in [0, 0.1) is 0 Å². The fourth-order valence-corrected chi connectivity index (χ4v) is 7.56. The molecule has 0 aromatic rings.